The number of carbonyl (C=O) groups is 1. The smallest absolute Gasteiger partial charge is 0.310 e. The van der Waals surface area contributed by atoms with E-state index in [1.54, 1.807) is 13.2 Å². The number of carboxylic acids is 1. The van der Waals surface area contributed by atoms with Gasteiger partial charge in [-0.05, 0) is 44.4 Å². The van der Waals surface area contributed by atoms with Crippen molar-refractivity contribution >= 4 is 5.97 Å². The summed E-state index contributed by atoms with van der Waals surface area (Å²) in [7, 11) is 1.60. The predicted molar refractivity (Wildman–Crippen MR) is 67.1 cm³/mol. The fourth-order valence-corrected chi connectivity index (χ4v) is 1.75. The summed E-state index contributed by atoms with van der Waals surface area (Å²) in [6, 6.07) is 5.75. The van der Waals surface area contributed by atoms with Crippen molar-refractivity contribution in [2.24, 2.45) is 0 Å². The van der Waals surface area contributed by atoms with Gasteiger partial charge in [-0.3, -0.25) is 4.79 Å². The minimum absolute atomic E-state index is 0.374. The van der Waals surface area contributed by atoms with Crippen LogP contribution in [0.25, 0.3) is 0 Å². The monoisotopic (exact) mass is 254 g/mol. The van der Waals surface area contributed by atoms with Crippen molar-refractivity contribution in [3.63, 3.8) is 0 Å². The van der Waals surface area contributed by atoms with Gasteiger partial charge in [-0.15, -0.1) is 0 Å². The summed E-state index contributed by atoms with van der Waals surface area (Å²) in [4.78, 5) is 11.3. The minimum atomic E-state index is -0.937. The van der Waals surface area contributed by atoms with Crippen LogP contribution in [-0.2, 0) is 9.53 Å². The van der Waals surface area contributed by atoms with E-state index >= 15 is 0 Å². The van der Waals surface area contributed by atoms with Gasteiger partial charge in [0.25, 0.3) is 0 Å². The van der Waals surface area contributed by atoms with Crippen molar-refractivity contribution in [3.05, 3.63) is 35.6 Å². The average molecular weight is 254 g/mol. The van der Waals surface area contributed by atoms with Crippen LogP contribution in [0.4, 0.5) is 4.39 Å². The maximum absolute atomic E-state index is 13.1. The number of carboxylic acid groups (broad SMARTS) is 1. The lowest BCUT2D eigenvalue weighted by Gasteiger charge is -2.24. The molecule has 0 aliphatic heterocycles. The van der Waals surface area contributed by atoms with Crippen molar-refractivity contribution in [3.8, 4) is 0 Å². The molecule has 0 aliphatic carbocycles. The fraction of sp³-hybridized carbons (Fsp3) is 0.500. The number of benzene rings is 1. The summed E-state index contributed by atoms with van der Waals surface area (Å²) in [6.07, 6.45) is 1.01. The third-order valence-corrected chi connectivity index (χ3v) is 3.14. The Morgan fingerprint density at radius 1 is 1.50 bits per heavy atom. The third-order valence-electron chi connectivity index (χ3n) is 3.14. The zero-order chi connectivity index (χ0) is 13.8. The van der Waals surface area contributed by atoms with Gasteiger partial charge in [0.1, 0.15) is 5.82 Å². The number of hydrogen-bond acceptors (Lipinski definition) is 2. The lowest BCUT2D eigenvalue weighted by atomic mass is 9.89. The number of halogens is 1. The molecule has 1 unspecified atom stereocenters. The normalized spacial score (nSPS) is 13.3. The zero-order valence-corrected chi connectivity index (χ0v) is 10.9. The van der Waals surface area contributed by atoms with Crippen molar-refractivity contribution < 1.29 is 19.0 Å². The zero-order valence-electron chi connectivity index (χ0n) is 10.9. The maximum atomic E-state index is 13.1. The first-order chi connectivity index (χ1) is 8.35. The standard InChI is InChI=1S/C14H19FO3/c1-14(2,18-3)8-7-12(13(16)17)10-5-4-6-11(15)9-10/h4-6,9,12H,7-8H2,1-3H3,(H,16,17). The maximum Gasteiger partial charge on any atom is 0.310 e. The van der Waals surface area contributed by atoms with E-state index in [1.165, 1.54) is 18.2 Å². The molecule has 1 N–H and O–H groups in total. The highest BCUT2D eigenvalue weighted by atomic mass is 19.1. The van der Waals surface area contributed by atoms with Crippen molar-refractivity contribution in [2.45, 2.75) is 38.2 Å². The van der Waals surface area contributed by atoms with E-state index in [2.05, 4.69) is 0 Å². The van der Waals surface area contributed by atoms with E-state index in [1.807, 2.05) is 13.8 Å². The molecule has 0 saturated heterocycles. The molecule has 0 bridgehead atoms. The van der Waals surface area contributed by atoms with E-state index in [-0.39, 0.29) is 5.60 Å². The highest BCUT2D eigenvalue weighted by Gasteiger charge is 2.25. The number of ether oxygens (including phenoxy) is 1. The highest BCUT2D eigenvalue weighted by molar-refractivity contribution is 5.76. The third kappa shape index (κ3) is 4.11. The van der Waals surface area contributed by atoms with Gasteiger partial charge in [-0.1, -0.05) is 12.1 Å². The molecule has 0 radical (unpaired) electrons. The quantitative estimate of drug-likeness (QED) is 0.848. The Balaban J connectivity index is 2.81. The van der Waals surface area contributed by atoms with Gasteiger partial charge in [0, 0.05) is 7.11 Å². The fourth-order valence-electron chi connectivity index (χ4n) is 1.75. The molecule has 1 aromatic rings. The molecule has 3 nitrogen and oxygen atoms in total. The van der Waals surface area contributed by atoms with Crippen LogP contribution in [0.5, 0.6) is 0 Å². The van der Waals surface area contributed by atoms with Gasteiger partial charge in [-0.2, -0.15) is 0 Å². The Labute approximate surface area is 107 Å². The van der Waals surface area contributed by atoms with E-state index in [0.29, 0.717) is 18.4 Å². The van der Waals surface area contributed by atoms with Crippen LogP contribution in [0.1, 0.15) is 38.2 Å². The molecule has 1 aromatic carbocycles. The van der Waals surface area contributed by atoms with Gasteiger partial charge >= 0.3 is 5.97 Å². The Morgan fingerprint density at radius 3 is 2.67 bits per heavy atom. The Kier molecular flexibility index (Phi) is 4.84. The molecule has 1 rings (SSSR count). The summed E-state index contributed by atoms with van der Waals surface area (Å²) in [5.74, 6) is -2.05. The van der Waals surface area contributed by atoms with Crippen molar-refractivity contribution in [1.29, 1.82) is 0 Å². The summed E-state index contributed by atoms with van der Waals surface area (Å²) in [5.41, 5.74) is 0.121. The molecule has 0 aromatic heterocycles. The van der Waals surface area contributed by atoms with Crippen LogP contribution in [0, 0.1) is 5.82 Å². The molecule has 0 heterocycles. The van der Waals surface area contributed by atoms with Gasteiger partial charge in [0.05, 0.1) is 11.5 Å². The van der Waals surface area contributed by atoms with Crippen LogP contribution in [-0.4, -0.2) is 23.8 Å². The molecule has 100 valence electrons. The Bertz CT molecular complexity index is 415. The molecular formula is C14H19FO3. The number of hydrogen-bond donors (Lipinski definition) is 1. The Morgan fingerprint density at radius 2 is 2.17 bits per heavy atom. The van der Waals surface area contributed by atoms with E-state index in [4.69, 9.17) is 4.74 Å². The van der Waals surface area contributed by atoms with Crippen molar-refractivity contribution in [2.75, 3.05) is 7.11 Å². The molecule has 0 fully saturated rings. The van der Waals surface area contributed by atoms with Gasteiger partial charge < -0.3 is 9.84 Å². The van der Waals surface area contributed by atoms with Crippen LogP contribution < -0.4 is 0 Å². The molecular weight excluding hydrogens is 235 g/mol. The van der Waals surface area contributed by atoms with Crippen molar-refractivity contribution in [1.82, 2.24) is 0 Å². The first-order valence-corrected chi connectivity index (χ1v) is 5.89. The van der Waals surface area contributed by atoms with Gasteiger partial charge in [0.15, 0.2) is 0 Å². The summed E-state index contributed by atoms with van der Waals surface area (Å²) < 4.78 is 18.4. The molecule has 0 saturated carbocycles. The SMILES string of the molecule is COC(C)(C)CCC(C(=O)O)c1cccc(F)c1. The Hall–Kier alpha value is -1.42. The number of aliphatic carboxylic acids is 1. The summed E-state index contributed by atoms with van der Waals surface area (Å²) in [6.45, 7) is 3.80. The molecule has 0 amide bonds. The van der Waals surface area contributed by atoms with Crippen LogP contribution in [0.15, 0.2) is 24.3 Å². The first kappa shape index (κ1) is 14.6. The molecule has 0 spiro atoms. The molecule has 4 heteroatoms. The van der Waals surface area contributed by atoms with Crippen LogP contribution >= 0.6 is 0 Å². The minimum Gasteiger partial charge on any atom is -0.481 e. The predicted octanol–water partition coefficient (Wildman–Crippen LogP) is 3.20. The van der Waals surface area contributed by atoms with E-state index in [9.17, 15) is 14.3 Å². The van der Waals surface area contributed by atoms with Gasteiger partial charge in [0.2, 0.25) is 0 Å². The largest absolute Gasteiger partial charge is 0.481 e. The second-order valence-corrected chi connectivity index (χ2v) is 4.95. The van der Waals surface area contributed by atoms with Crippen LogP contribution in [0.3, 0.4) is 0 Å². The molecule has 18 heavy (non-hydrogen) atoms. The second-order valence-electron chi connectivity index (χ2n) is 4.95. The second kappa shape index (κ2) is 5.96. The summed E-state index contributed by atoms with van der Waals surface area (Å²) >= 11 is 0. The lowest BCUT2D eigenvalue weighted by Crippen LogP contribution is -2.24. The number of rotatable bonds is 6. The van der Waals surface area contributed by atoms with Crippen LogP contribution in [0.2, 0.25) is 0 Å². The van der Waals surface area contributed by atoms with E-state index in [0.717, 1.165) is 0 Å². The molecule has 1 atom stereocenters. The van der Waals surface area contributed by atoms with E-state index < -0.39 is 17.7 Å². The lowest BCUT2D eigenvalue weighted by molar-refractivity contribution is -0.139. The molecule has 0 aliphatic rings. The first-order valence-electron chi connectivity index (χ1n) is 5.89. The van der Waals surface area contributed by atoms with Gasteiger partial charge in [-0.25, -0.2) is 4.39 Å². The number of methoxy groups -OCH3 is 1. The highest BCUT2D eigenvalue weighted by Crippen LogP contribution is 2.27. The summed E-state index contributed by atoms with van der Waals surface area (Å²) in [5, 5.41) is 9.22. The topological polar surface area (TPSA) is 46.5 Å². The average Bonchev–Trinajstić information content (AvgIpc) is 2.29.